The first kappa shape index (κ1) is 33.7. The molecule has 0 N–H and O–H groups in total. The molecule has 0 unspecified atom stereocenters. The van der Waals surface area contributed by atoms with Gasteiger partial charge in [-0.1, -0.05) is 153 Å². The highest BCUT2D eigenvalue weighted by molar-refractivity contribution is 6.15. The molecule has 0 aliphatic carbocycles. The minimum Gasteiger partial charge on any atom is -0.436 e. The van der Waals surface area contributed by atoms with E-state index in [-0.39, 0.29) is 0 Å². The lowest BCUT2D eigenvalue weighted by molar-refractivity contribution is 0.620. The molecule has 4 nitrogen and oxygen atoms in total. The molecule has 0 saturated carbocycles. The number of benzene rings is 8. The molecule has 262 valence electrons. The molecule has 0 spiro atoms. The van der Waals surface area contributed by atoms with E-state index in [9.17, 15) is 0 Å². The van der Waals surface area contributed by atoms with E-state index in [1.807, 2.05) is 72.8 Å². The summed E-state index contributed by atoms with van der Waals surface area (Å²) in [7, 11) is 0. The van der Waals surface area contributed by atoms with E-state index in [4.69, 9.17) is 19.4 Å². The Morgan fingerprint density at radius 1 is 0.527 bits per heavy atom. The molecule has 0 saturated heterocycles. The molecule has 9 aromatic rings. The molecule has 0 aliphatic rings. The lowest BCUT2D eigenvalue weighted by Gasteiger charge is -2.14. The number of nitrogens with zero attached hydrogens (tertiary/aromatic N) is 3. The van der Waals surface area contributed by atoms with Crippen molar-refractivity contribution in [1.29, 1.82) is 0 Å². The lowest BCUT2D eigenvalue weighted by Crippen LogP contribution is -2.06. The van der Waals surface area contributed by atoms with Gasteiger partial charge in [-0.15, -0.1) is 0 Å². The van der Waals surface area contributed by atoms with Crippen LogP contribution in [-0.4, -0.2) is 16.5 Å². The summed E-state index contributed by atoms with van der Waals surface area (Å²) in [5.41, 5.74) is 11.6. The molecule has 1 heterocycles. The maximum Gasteiger partial charge on any atom is 0.227 e. The van der Waals surface area contributed by atoms with Gasteiger partial charge in [0.2, 0.25) is 5.89 Å². The Balaban J connectivity index is 1.11. The number of para-hydroxylation sites is 2. The fourth-order valence-corrected chi connectivity index (χ4v) is 7.26. The Kier molecular flexibility index (Phi) is 8.99. The van der Waals surface area contributed by atoms with Crippen LogP contribution in [0.15, 0.2) is 203 Å². The Hall–Kier alpha value is -7.17. The molecule has 0 amide bonds. The third kappa shape index (κ3) is 6.78. The quantitative estimate of drug-likeness (QED) is 0.0897. The van der Waals surface area contributed by atoms with Gasteiger partial charge in [-0.3, -0.25) is 0 Å². The van der Waals surface area contributed by atoms with Crippen molar-refractivity contribution in [3.8, 4) is 33.7 Å². The fraction of sp³-hybridized carbons (Fsp3) is 0.0392. The number of hydrogen-bond donors (Lipinski definition) is 0. The van der Waals surface area contributed by atoms with E-state index in [0.717, 1.165) is 73.1 Å². The molecule has 0 radical (unpaired) electrons. The minimum absolute atomic E-state index is 0.614. The monoisotopic (exact) mass is 707 g/mol. The van der Waals surface area contributed by atoms with Gasteiger partial charge in [-0.25, -0.2) is 15.0 Å². The van der Waals surface area contributed by atoms with Crippen LogP contribution in [0.3, 0.4) is 0 Å². The van der Waals surface area contributed by atoms with Crippen LogP contribution in [0.4, 0.5) is 0 Å². The molecular weight excluding hydrogens is 671 g/mol. The van der Waals surface area contributed by atoms with E-state index in [0.29, 0.717) is 17.4 Å². The van der Waals surface area contributed by atoms with Crippen LogP contribution in [0, 0.1) is 0 Å². The van der Waals surface area contributed by atoms with Crippen LogP contribution in [0.5, 0.6) is 0 Å². The molecule has 1 aromatic heterocycles. The summed E-state index contributed by atoms with van der Waals surface area (Å²) in [6.07, 6.45) is 0.777. The largest absolute Gasteiger partial charge is 0.436 e. The molecule has 4 heteroatoms. The van der Waals surface area contributed by atoms with Crippen LogP contribution in [0.2, 0.25) is 0 Å². The predicted octanol–water partition coefficient (Wildman–Crippen LogP) is 13.5. The summed E-state index contributed by atoms with van der Waals surface area (Å²) >= 11 is 0. The normalized spacial score (nSPS) is 12.1. The molecule has 0 bridgehead atoms. The van der Waals surface area contributed by atoms with Gasteiger partial charge >= 0.3 is 0 Å². The van der Waals surface area contributed by atoms with Crippen LogP contribution in [0.25, 0.3) is 72.0 Å². The van der Waals surface area contributed by atoms with Crippen molar-refractivity contribution in [2.24, 2.45) is 9.98 Å². The number of oxazole rings is 1. The van der Waals surface area contributed by atoms with Crippen molar-refractivity contribution >= 4 is 49.9 Å². The molecule has 9 rings (SSSR count). The van der Waals surface area contributed by atoms with E-state index < -0.39 is 0 Å². The van der Waals surface area contributed by atoms with E-state index in [1.165, 1.54) is 16.2 Å². The molecular formula is C51H37N3O. The average molecular weight is 708 g/mol. The van der Waals surface area contributed by atoms with Crippen molar-refractivity contribution in [1.82, 2.24) is 4.98 Å². The summed E-state index contributed by atoms with van der Waals surface area (Å²) in [5.74, 6) is 1.25. The van der Waals surface area contributed by atoms with Gasteiger partial charge in [-0.05, 0) is 98.2 Å². The topological polar surface area (TPSA) is 50.8 Å². The maximum atomic E-state index is 6.20. The van der Waals surface area contributed by atoms with Gasteiger partial charge in [0.15, 0.2) is 11.4 Å². The zero-order chi connectivity index (χ0) is 37.1. The van der Waals surface area contributed by atoms with Gasteiger partial charge in [-0.2, -0.15) is 0 Å². The summed E-state index contributed by atoms with van der Waals surface area (Å²) in [6, 6.07) is 62.9. The Morgan fingerprint density at radius 2 is 1.20 bits per heavy atom. The zero-order valence-electron chi connectivity index (χ0n) is 30.5. The highest BCUT2D eigenvalue weighted by Gasteiger charge is 2.15. The second-order valence-electron chi connectivity index (χ2n) is 13.6. The summed E-state index contributed by atoms with van der Waals surface area (Å²) in [4.78, 5) is 15.0. The summed E-state index contributed by atoms with van der Waals surface area (Å²) in [6.45, 7) is 6.56. The van der Waals surface area contributed by atoms with Crippen LogP contribution < -0.4 is 0 Å². The number of aliphatic imine (C=N–C) groups is 2. The maximum absolute atomic E-state index is 6.20. The third-order valence-corrected chi connectivity index (χ3v) is 10.1. The van der Waals surface area contributed by atoms with Gasteiger partial charge in [0.1, 0.15) is 5.52 Å². The SMILES string of the molecule is C=C(N=C(N=C(CC)c1ccccc1)c1ccccc1)c1cccc(-c2cccc(-c3cc4ccccc4c4ccc(-c5nc6ccccc6o5)cc34)c2)c1. The number of amidine groups is 1. The number of fused-ring (bicyclic) bond motifs is 4. The number of hydrogen-bond acceptors (Lipinski definition) is 3. The molecule has 0 fully saturated rings. The molecule has 0 atom stereocenters. The summed E-state index contributed by atoms with van der Waals surface area (Å²) < 4.78 is 6.20. The second-order valence-corrected chi connectivity index (χ2v) is 13.6. The van der Waals surface area contributed by atoms with Gasteiger partial charge in [0, 0.05) is 22.4 Å². The highest BCUT2D eigenvalue weighted by atomic mass is 16.3. The van der Waals surface area contributed by atoms with E-state index in [2.05, 4.69) is 123 Å². The van der Waals surface area contributed by atoms with Gasteiger partial charge in [0.25, 0.3) is 0 Å². The van der Waals surface area contributed by atoms with Crippen molar-refractivity contribution < 1.29 is 4.42 Å². The lowest BCUT2D eigenvalue weighted by atomic mass is 9.90. The number of rotatable bonds is 8. The zero-order valence-corrected chi connectivity index (χ0v) is 30.5. The first-order chi connectivity index (χ1) is 27.1. The smallest absolute Gasteiger partial charge is 0.227 e. The number of aromatic nitrogens is 1. The molecule has 0 aliphatic heterocycles. The first-order valence-electron chi connectivity index (χ1n) is 18.6. The van der Waals surface area contributed by atoms with Crippen LogP contribution in [-0.2, 0) is 0 Å². The van der Waals surface area contributed by atoms with Crippen molar-refractivity contribution in [3.05, 3.63) is 205 Å². The predicted molar refractivity (Wildman–Crippen MR) is 231 cm³/mol. The van der Waals surface area contributed by atoms with Crippen LogP contribution in [0.1, 0.15) is 30.0 Å². The van der Waals surface area contributed by atoms with Gasteiger partial charge < -0.3 is 4.42 Å². The minimum atomic E-state index is 0.614. The highest BCUT2D eigenvalue weighted by Crippen LogP contribution is 2.39. The second kappa shape index (κ2) is 14.7. The standard InChI is InChI=1S/C51H37N3O/c1-3-47(35-16-6-4-7-17-35)53-50(36-18-8-5-9-19-36)52-34(2)37-21-14-22-38(30-37)39-23-15-24-40(31-39)45-32-41-20-10-11-25-43(41)44-29-28-42(33-46(44)45)51-54-48-26-12-13-27-49(48)55-51/h4-33H,2-3H2,1H3. The van der Waals surface area contributed by atoms with Crippen molar-refractivity contribution in [3.63, 3.8) is 0 Å². The third-order valence-electron chi connectivity index (χ3n) is 10.1. The fourth-order valence-electron chi connectivity index (χ4n) is 7.26. The van der Waals surface area contributed by atoms with E-state index in [1.54, 1.807) is 0 Å². The Labute approximate surface area is 320 Å². The summed E-state index contributed by atoms with van der Waals surface area (Å²) in [5, 5.41) is 4.73. The van der Waals surface area contributed by atoms with E-state index >= 15 is 0 Å². The molecule has 8 aromatic carbocycles. The molecule has 55 heavy (non-hydrogen) atoms. The Morgan fingerprint density at radius 3 is 2.00 bits per heavy atom. The van der Waals surface area contributed by atoms with Crippen molar-refractivity contribution in [2.45, 2.75) is 13.3 Å². The first-order valence-corrected chi connectivity index (χ1v) is 18.6. The van der Waals surface area contributed by atoms with Gasteiger partial charge in [0.05, 0.1) is 5.70 Å². The van der Waals surface area contributed by atoms with Crippen LogP contribution >= 0.6 is 0 Å². The van der Waals surface area contributed by atoms with Crippen molar-refractivity contribution in [2.75, 3.05) is 0 Å². The Bertz CT molecular complexity index is 2890. The average Bonchev–Trinajstić information content (AvgIpc) is 3.70.